The molecule has 2 aliphatic heterocycles. The van der Waals surface area contributed by atoms with Gasteiger partial charge in [0, 0.05) is 32.7 Å². The Morgan fingerprint density at radius 2 is 1.87 bits per heavy atom. The number of benzene rings is 1. The van der Waals surface area contributed by atoms with E-state index in [9.17, 15) is 4.79 Å². The maximum atomic E-state index is 13.1. The monoisotopic (exact) mass is 418 g/mol. The molecule has 1 aromatic rings. The zero-order valence-electron chi connectivity index (χ0n) is 18.9. The maximum Gasteiger partial charge on any atom is 0.222 e. The van der Waals surface area contributed by atoms with E-state index in [1.54, 1.807) is 21.3 Å². The number of carbonyl (C=O) groups is 1. The Morgan fingerprint density at radius 1 is 1.07 bits per heavy atom. The van der Waals surface area contributed by atoms with Crippen molar-refractivity contribution in [3.05, 3.63) is 23.8 Å². The molecule has 2 aliphatic rings. The number of amides is 1. The Balaban J connectivity index is 1.60. The zero-order valence-corrected chi connectivity index (χ0v) is 18.9. The Hall–Kier alpha value is -1.79. The maximum absolute atomic E-state index is 13.1. The van der Waals surface area contributed by atoms with E-state index in [1.165, 1.54) is 45.2 Å². The molecule has 2 fully saturated rings. The first-order valence-electron chi connectivity index (χ1n) is 11.4. The van der Waals surface area contributed by atoms with Crippen LogP contribution in [0, 0.1) is 5.92 Å². The summed E-state index contributed by atoms with van der Waals surface area (Å²) < 4.78 is 16.0. The minimum atomic E-state index is 0.217. The first kappa shape index (κ1) is 22.9. The summed E-state index contributed by atoms with van der Waals surface area (Å²) in [5.41, 5.74) is 1.09. The summed E-state index contributed by atoms with van der Waals surface area (Å²) in [6, 6.07) is 6.53. The molecule has 0 aliphatic carbocycles. The van der Waals surface area contributed by atoms with Crippen molar-refractivity contribution in [1.29, 1.82) is 0 Å². The van der Waals surface area contributed by atoms with Gasteiger partial charge in [0.1, 0.15) is 0 Å². The van der Waals surface area contributed by atoms with Crippen molar-refractivity contribution in [3.63, 3.8) is 0 Å². The molecule has 1 amide bonds. The zero-order chi connectivity index (χ0) is 21.3. The second kappa shape index (κ2) is 11.6. The highest BCUT2D eigenvalue weighted by Gasteiger charge is 2.34. The molecule has 0 spiro atoms. The van der Waals surface area contributed by atoms with Crippen LogP contribution in [0.15, 0.2) is 18.2 Å². The number of hydrogen-bond acceptors (Lipinski definition) is 5. The average molecular weight is 419 g/mol. The molecule has 2 saturated heterocycles. The number of ether oxygens (including phenoxy) is 3. The molecule has 6 heteroatoms. The van der Waals surface area contributed by atoms with Crippen molar-refractivity contribution in [2.45, 2.75) is 51.0 Å². The van der Waals surface area contributed by atoms with Crippen LogP contribution in [-0.2, 0) is 16.0 Å². The third-order valence-electron chi connectivity index (χ3n) is 6.68. The minimum absolute atomic E-state index is 0.217. The summed E-state index contributed by atoms with van der Waals surface area (Å²) in [7, 11) is 4.97. The van der Waals surface area contributed by atoms with Gasteiger partial charge in [0.25, 0.3) is 0 Å². The van der Waals surface area contributed by atoms with Gasteiger partial charge in [-0.25, -0.2) is 0 Å². The number of hydrogen-bond donors (Lipinski definition) is 0. The van der Waals surface area contributed by atoms with Crippen LogP contribution in [0.5, 0.6) is 11.5 Å². The molecular weight excluding hydrogens is 380 g/mol. The van der Waals surface area contributed by atoms with Gasteiger partial charge in [0.15, 0.2) is 11.5 Å². The molecule has 6 nitrogen and oxygen atoms in total. The lowest BCUT2D eigenvalue weighted by Gasteiger charge is -2.45. The normalized spacial score (nSPS) is 21.7. The van der Waals surface area contributed by atoms with Gasteiger partial charge in [-0.15, -0.1) is 0 Å². The minimum Gasteiger partial charge on any atom is -0.493 e. The van der Waals surface area contributed by atoms with Gasteiger partial charge in [-0.1, -0.05) is 12.5 Å². The Morgan fingerprint density at radius 3 is 2.63 bits per heavy atom. The molecule has 3 rings (SSSR count). The van der Waals surface area contributed by atoms with Crippen molar-refractivity contribution in [3.8, 4) is 11.5 Å². The van der Waals surface area contributed by atoms with Gasteiger partial charge in [0.2, 0.25) is 5.91 Å². The number of nitrogens with zero attached hydrogens (tertiary/aromatic N) is 2. The predicted octanol–water partition coefficient (Wildman–Crippen LogP) is 3.38. The lowest BCUT2D eigenvalue weighted by atomic mass is 9.83. The summed E-state index contributed by atoms with van der Waals surface area (Å²) in [6.45, 7) is 4.57. The van der Waals surface area contributed by atoms with Gasteiger partial charge < -0.3 is 24.0 Å². The average Bonchev–Trinajstić information content (AvgIpc) is 2.80. The number of carbonyl (C=O) groups excluding carboxylic acids is 1. The third-order valence-corrected chi connectivity index (χ3v) is 6.68. The molecule has 1 aromatic carbocycles. The summed E-state index contributed by atoms with van der Waals surface area (Å²) in [4.78, 5) is 17.9. The lowest BCUT2D eigenvalue weighted by molar-refractivity contribution is -0.133. The highest BCUT2D eigenvalue weighted by Crippen LogP contribution is 2.32. The first-order valence-corrected chi connectivity index (χ1v) is 11.4. The van der Waals surface area contributed by atoms with Crippen molar-refractivity contribution < 1.29 is 19.0 Å². The van der Waals surface area contributed by atoms with Crippen molar-refractivity contribution >= 4 is 5.91 Å². The molecule has 0 bridgehead atoms. The van der Waals surface area contributed by atoms with Gasteiger partial charge in [-0.2, -0.15) is 0 Å². The van der Waals surface area contributed by atoms with E-state index in [0.29, 0.717) is 49.5 Å². The second-order valence-corrected chi connectivity index (χ2v) is 8.52. The lowest BCUT2D eigenvalue weighted by Crippen LogP contribution is -2.52. The van der Waals surface area contributed by atoms with Gasteiger partial charge in [-0.3, -0.25) is 4.79 Å². The molecule has 2 unspecified atom stereocenters. The van der Waals surface area contributed by atoms with E-state index >= 15 is 0 Å². The topological polar surface area (TPSA) is 51.2 Å². The van der Waals surface area contributed by atoms with Crippen LogP contribution in [0.2, 0.25) is 0 Å². The van der Waals surface area contributed by atoms with Crippen molar-refractivity contribution in [2.75, 3.05) is 54.1 Å². The summed E-state index contributed by atoms with van der Waals surface area (Å²) >= 11 is 0. The van der Waals surface area contributed by atoms with Gasteiger partial charge in [-0.05, 0) is 68.8 Å². The summed E-state index contributed by atoms with van der Waals surface area (Å²) in [6.07, 6.45) is 7.60. The van der Waals surface area contributed by atoms with Crippen LogP contribution >= 0.6 is 0 Å². The van der Waals surface area contributed by atoms with Crippen LogP contribution in [0.3, 0.4) is 0 Å². The van der Waals surface area contributed by atoms with Crippen molar-refractivity contribution in [2.24, 2.45) is 5.92 Å². The van der Waals surface area contributed by atoms with Gasteiger partial charge >= 0.3 is 0 Å². The molecule has 0 aromatic heterocycles. The highest BCUT2D eigenvalue weighted by atomic mass is 16.5. The molecule has 0 radical (unpaired) electrons. The van der Waals surface area contributed by atoms with E-state index < -0.39 is 0 Å². The van der Waals surface area contributed by atoms with Crippen LogP contribution < -0.4 is 9.47 Å². The Kier molecular flexibility index (Phi) is 8.82. The molecule has 2 heterocycles. The SMILES string of the molecule is COCCN(CC1CCCN2CCCCC12)C(=O)CCc1ccc(OC)c(OC)c1. The Labute approximate surface area is 181 Å². The fourth-order valence-electron chi connectivity index (χ4n) is 5.04. The number of piperidine rings is 2. The number of methoxy groups -OCH3 is 3. The molecule has 0 N–H and O–H groups in total. The molecule has 0 saturated carbocycles. The fourth-order valence-corrected chi connectivity index (χ4v) is 5.04. The van der Waals surface area contributed by atoms with Gasteiger partial charge in [0.05, 0.1) is 20.8 Å². The summed E-state index contributed by atoms with van der Waals surface area (Å²) in [5, 5.41) is 0. The van der Waals surface area contributed by atoms with E-state index in [-0.39, 0.29) is 5.91 Å². The van der Waals surface area contributed by atoms with Crippen LogP contribution in [0.4, 0.5) is 0 Å². The third kappa shape index (κ3) is 5.88. The quantitative estimate of drug-likeness (QED) is 0.583. The standard InChI is InChI=1S/C24H38N2O4/c1-28-16-15-26(18-20-7-6-14-25-13-5-4-8-21(20)25)24(27)12-10-19-9-11-22(29-2)23(17-19)30-3/h9,11,17,20-21H,4-8,10,12-16,18H2,1-3H3. The molecule has 30 heavy (non-hydrogen) atoms. The molecule has 2 atom stereocenters. The number of fused-ring (bicyclic) bond motifs is 1. The first-order chi connectivity index (χ1) is 14.7. The fraction of sp³-hybridized carbons (Fsp3) is 0.708. The van der Waals surface area contributed by atoms with Crippen LogP contribution in [0.1, 0.15) is 44.1 Å². The van der Waals surface area contributed by atoms with E-state index in [1.807, 2.05) is 23.1 Å². The van der Waals surface area contributed by atoms with E-state index in [0.717, 1.165) is 12.1 Å². The van der Waals surface area contributed by atoms with Crippen molar-refractivity contribution in [1.82, 2.24) is 9.80 Å². The van der Waals surface area contributed by atoms with Crippen LogP contribution in [0.25, 0.3) is 0 Å². The Bertz CT molecular complexity index is 679. The van der Waals surface area contributed by atoms with E-state index in [4.69, 9.17) is 14.2 Å². The second-order valence-electron chi connectivity index (χ2n) is 8.52. The predicted molar refractivity (Wildman–Crippen MR) is 118 cm³/mol. The summed E-state index contributed by atoms with van der Waals surface area (Å²) in [5.74, 6) is 2.22. The molecule has 168 valence electrons. The number of rotatable bonds is 10. The van der Waals surface area contributed by atoms with E-state index in [2.05, 4.69) is 4.90 Å². The highest BCUT2D eigenvalue weighted by molar-refractivity contribution is 5.76. The molecular formula is C24H38N2O4. The largest absolute Gasteiger partial charge is 0.493 e. The number of aryl methyl sites for hydroxylation is 1. The smallest absolute Gasteiger partial charge is 0.222 e. The van der Waals surface area contributed by atoms with Crippen LogP contribution in [-0.4, -0.2) is 75.9 Å².